The number of ketones is 1. The number of methoxy groups -OCH3 is 2. The summed E-state index contributed by atoms with van der Waals surface area (Å²) in [4.78, 5) is 85.4. The average molecular weight is 1160 g/mol. The van der Waals surface area contributed by atoms with E-state index in [1.54, 1.807) is 56.2 Å². The zero-order valence-electron chi connectivity index (χ0n) is 47.6. The molecule has 79 heavy (non-hydrogen) atoms. The highest BCUT2D eigenvalue weighted by atomic mass is 33.1. The van der Waals surface area contributed by atoms with Crippen LogP contribution in [0, 0.1) is 16.7 Å². The minimum atomic E-state index is -2.52. The van der Waals surface area contributed by atoms with Crippen LogP contribution in [0.4, 0.5) is 4.79 Å². The number of rotatable bonds is 27. The smallest absolute Gasteiger partial charge is 0.408 e. The lowest BCUT2D eigenvalue weighted by Gasteiger charge is -2.67. The maximum Gasteiger partial charge on any atom is 0.408 e. The molecular weight excluding hydrogens is 1070 g/mol. The number of hydrogen-bond acceptors (Lipinski definition) is 23. The molecule has 3 fully saturated rings. The van der Waals surface area contributed by atoms with Crippen LogP contribution in [-0.2, 0) is 66.5 Å². The first-order valence-electron chi connectivity index (χ1n) is 26.2. The lowest BCUT2D eigenvalue weighted by atomic mass is 9.44. The summed E-state index contributed by atoms with van der Waals surface area (Å²) in [5.74, 6) is -5.61. The molecule has 444 valence electrons. The van der Waals surface area contributed by atoms with Crippen molar-refractivity contribution < 1.29 is 101 Å². The van der Waals surface area contributed by atoms with Crippen molar-refractivity contribution in [1.29, 1.82) is 0 Å². The molecule has 0 spiro atoms. The largest absolute Gasteiger partial charge is 0.497 e. The van der Waals surface area contributed by atoms with Crippen LogP contribution in [0.5, 0.6) is 11.5 Å². The first kappa shape index (κ1) is 65.3. The van der Waals surface area contributed by atoms with Crippen LogP contribution < -0.4 is 14.8 Å². The van der Waals surface area contributed by atoms with Crippen molar-refractivity contribution in [2.75, 3.05) is 85.7 Å². The Morgan fingerprint density at radius 1 is 0.899 bits per heavy atom. The summed E-state index contributed by atoms with van der Waals surface area (Å²) in [7, 11) is 6.09. The molecule has 11 atom stereocenters. The second kappa shape index (κ2) is 28.0. The van der Waals surface area contributed by atoms with Crippen LogP contribution in [-0.4, -0.2) is 196 Å². The van der Waals surface area contributed by atoms with Gasteiger partial charge in [-0.25, -0.2) is 14.4 Å². The van der Waals surface area contributed by atoms with Crippen molar-refractivity contribution in [1.82, 2.24) is 5.32 Å². The number of aliphatic hydroxyl groups excluding tert-OH is 2. The molecule has 5 rings (SSSR count). The molecule has 0 aromatic heterocycles. The third kappa shape index (κ3) is 15.1. The summed E-state index contributed by atoms with van der Waals surface area (Å²) >= 11 is 0. The number of allylic oxidation sites excluding steroid dienone is 1. The zero-order chi connectivity index (χ0) is 58.7. The van der Waals surface area contributed by atoms with Crippen molar-refractivity contribution in [3.63, 3.8) is 0 Å². The lowest BCUT2D eigenvalue weighted by Crippen LogP contribution is -2.82. The first-order valence-corrected chi connectivity index (χ1v) is 28.9. The summed E-state index contributed by atoms with van der Waals surface area (Å²) in [5, 5.41) is 40.8. The molecule has 3 aliphatic carbocycles. The van der Waals surface area contributed by atoms with Gasteiger partial charge in [0, 0.05) is 30.9 Å². The number of ether oxygens (including phenoxy) is 12. The molecule has 1 aliphatic heterocycles. The number of benzene rings is 1. The molecule has 1 aromatic rings. The van der Waals surface area contributed by atoms with Gasteiger partial charge in [-0.3, -0.25) is 14.4 Å². The van der Waals surface area contributed by atoms with Gasteiger partial charge in [0.2, 0.25) is 0 Å². The third-order valence-corrected chi connectivity index (χ3v) is 16.6. The Balaban J connectivity index is 1.53. The number of carbonyl (C=O) groups is 6. The monoisotopic (exact) mass is 1160 g/mol. The molecule has 24 heteroatoms. The molecule has 0 unspecified atom stereocenters. The number of aliphatic hydroxyl groups is 3. The molecule has 1 saturated heterocycles. The predicted molar refractivity (Wildman–Crippen MR) is 288 cm³/mol. The molecule has 4 aliphatic rings. The van der Waals surface area contributed by atoms with E-state index in [1.165, 1.54) is 66.2 Å². The number of esters is 4. The van der Waals surface area contributed by atoms with E-state index in [4.69, 9.17) is 56.8 Å². The molecule has 1 amide bonds. The van der Waals surface area contributed by atoms with Crippen molar-refractivity contribution in [2.45, 2.75) is 148 Å². The quantitative estimate of drug-likeness (QED) is 0.0300. The van der Waals surface area contributed by atoms with Gasteiger partial charge >= 0.3 is 30.0 Å². The van der Waals surface area contributed by atoms with E-state index < -0.39 is 125 Å². The normalized spacial score (nSPS) is 27.7. The van der Waals surface area contributed by atoms with Gasteiger partial charge in [-0.15, -0.1) is 0 Å². The van der Waals surface area contributed by atoms with Gasteiger partial charge in [-0.1, -0.05) is 47.1 Å². The minimum Gasteiger partial charge on any atom is -0.497 e. The number of carbonyl (C=O) groups excluding carboxylic acids is 6. The number of alkyl carbamates (subject to hydrolysis) is 1. The summed E-state index contributed by atoms with van der Waals surface area (Å²) in [5.41, 5.74) is -8.96. The molecule has 4 N–H and O–H groups in total. The van der Waals surface area contributed by atoms with Crippen LogP contribution >= 0.6 is 21.6 Å². The van der Waals surface area contributed by atoms with Crippen molar-refractivity contribution >= 4 is 57.3 Å². The van der Waals surface area contributed by atoms with Gasteiger partial charge in [0.25, 0.3) is 0 Å². The van der Waals surface area contributed by atoms with Gasteiger partial charge in [0.05, 0.1) is 97.5 Å². The number of Topliss-reactive ketones (excluding diaryl/α,β-unsaturated/α-hetero) is 1. The SMILES string of the molecule is COc1ccc(OC)c(C(=O)O[C@H]2[C@@H]3[C@]4(OC(C)=O)CO[C@@H]4C[C@H](OC(=O)CCOCCOCCOCCOCCSSC)[C@@]3(C)C(=O)[C@H](O)C3=C(C)[C@@H](OC(=O)[C@H](O)[C@H](C=C(C)C)NC(=O)OC(C)(C)C)C[C@]2(O)C3(C)C)c1. The van der Waals surface area contributed by atoms with E-state index in [2.05, 4.69) is 5.32 Å². The highest BCUT2D eigenvalue weighted by Crippen LogP contribution is 2.64. The number of nitrogens with one attached hydrogen (secondary N) is 1. The molecule has 22 nitrogen and oxygen atoms in total. The fourth-order valence-electron chi connectivity index (χ4n) is 11.0. The van der Waals surface area contributed by atoms with E-state index >= 15 is 9.59 Å². The summed E-state index contributed by atoms with van der Waals surface area (Å²) < 4.78 is 69.8. The van der Waals surface area contributed by atoms with E-state index in [0.717, 1.165) is 12.7 Å². The maximum absolute atomic E-state index is 15.8. The van der Waals surface area contributed by atoms with E-state index in [9.17, 15) is 34.5 Å². The molecule has 1 aromatic carbocycles. The predicted octanol–water partition coefficient (Wildman–Crippen LogP) is 4.89. The number of fused-ring (bicyclic) bond motifs is 5. The summed E-state index contributed by atoms with van der Waals surface area (Å²) in [6.07, 6.45) is -9.12. The number of hydrogen-bond donors (Lipinski definition) is 4. The molecule has 2 saturated carbocycles. The Morgan fingerprint density at radius 3 is 2.06 bits per heavy atom. The van der Waals surface area contributed by atoms with Crippen LogP contribution in [0.25, 0.3) is 0 Å². The van der Waals surface area contributed by atoms with Gasteiger partial charge in [-0.05, 0) is 84.1 Å². The molecule has 2 bridgehead atoms. The lowest BCUT2D eigenvalue weighted by molar-refractivity contribution is -0.346. The van der Waals surface area contributed by atoms with Crippen LogP contribution in [0.1, 0.15) is 98.9 Å². The standard InChI is InChI=1S/C55H81NO21S2/c1-31(2)26-36(56-50(64)77-51(5,6)7)43(59)49(63)73-38-29-55(65)47(75-48(62)35-27-34(66-11)14-15-37(35)67-12)45-53(10,46(61)44(60)42(32(38)3)52(55,8)9)39(28-40-54(45,30-72-40)76-33(4)57)74-41(58)16-17-68-18-19-69-20-21-70-22-23-71-24-25-79-78-13/h14-15,26-27,36,38-40,43-45,47,59-60,65H,16-25,28-30H2,1-13H3,(H,56,64)/t36-,38-,39-,40+,43+,44+,45-,47-,53+,54-,55+/m0/s1. The van der Waals surface area contributed by atoms with Gasteiger partial charge in [0.15, 0.2) is 17.5 Å². The Bertz CT molecular complexity index is 2390. The van der Waals surface area contributed by atoms with E-state index in [1.807, 2.05) is 6.26 Å². The van der Waals surface area contributed by atoms with Gasteiger partial charge in [-0.2, -0.15) is 0 Å². The summed E-state index contributed by atoms with van der Waals surface area (Å²) in [6, 6.07) is 2.93. The molecular formula is C55H81NO21S2. The fraction of sp³-hybridized carbons (Fsp3) is 0.709. The first-order chi connectivity index (χ1) is 37.1. The van der Waals surface area contributed by atoms with Crippen molar-refractivity contribution in [3.05, 3.63) is 46.6 Å². The highest BCUT2D eigenvalue weighted by Gasteiger charge is 2.79. The Labute approximate surface area is 470 Å². The van der Waals surface area contributed by atoms with Crippen LogP contribution in [0.3, 0.4) is 0 Å². The second-order valence-electron chi connectivity index (χ2n) is 21.8. The topological polar surface area (TPSA) is 286 Å². The van der Waals surface area contributed by atoms with E-state index in [-0.39, 0.29) is 60.9 Å². The van der Waals surface area contributed by atoms with Gasteiger partial charge in [0.1, 0.15) is 58.8 Å². The maximum atomic E-state index is 15.8. The number of amides is 1. The van der Waals surface area contributed by atoms with E-state index in [0.29, 0.717) is 38.6 Å². The summed E-state index contributed by atoms with van der Waals surface area (Å²) in [6.45, 7) is 17.3. The fourth-order valence-corrected chi connectivity index (χ4v) is 12.1. The third-order valence-electron chi connectivity index (χ3n) is 14.8. The van der Waals surface area contributed by atoms with Crippen LogP contribution in [0.2, 0.25) is 0 Å². The van der Waals surface area contributed by atoms with Crippen molar-refractivity contribution in [3.8, 4) is 11.5 Å². The Kier molecular flexibility index (Phi) is 23.1. The van der Waals surface area contributed by atoms with Gasteiger partial charge < -0.3 is 77.5 Å². The Morgan fingerprint density at radius 2 is 1.52 bits per heavy atom. The van der Waals surface area contributed by atoms with Crippen LogP contribution in [0.15, 0.2) is 41.0 Å². The molecule has 0 radical (unpaired) electrons. The molecule has 1 heterocycles. The minimum absolute atomic E-state index is 0.0231. The second-order valence-corrected chi connectivity index (χ2v) is 24.5. The van der Waals surface area contributed by atoms with Crippen molar-refractivity contribution in [2.24, 2.45) is 16.7 Å². The zero-order valence-corrected chi connectivity index (χ0v) is 49.3. The average Bonchev–Trinajstić information content (AvgIpc) is 3.56. The highest BCUT2D eigenvalue weighted by molar-refractivity contribution is 8.76. The Hall–Kier alpha value is -4.50.